The van der Waals surface area contributed by atoms with E-state index >= 15 is 0 Å². The predicted molar refractivity (Wildman–Crippen MR) is 295 cm³/mol. The molecule has 2 fully saturated rings. The maximum atomic E-state index is 12.9. The summed E-state index contributed by atoms with van der Waals surface area (Å²) in [7, 11) is 0. The largest absolute Gasteiger partial charge is 0.462 e. The molecule has 428 valence electrons. The maximum absolute atomic E-state index is 12.9. The molecule has 75 heavy (non-hydrogen) atoms. The fourth-order valence-electron chi connectivity index (χ4n) is 11.2. The van der Waals surface area contributed by atoms with Gasteiger partial charge < -0.3 is 23.7 Å². The van der Waals surface area contributed by atoms with E-state index in [1.165, 1.54) is 83.5 Å². The number of cyclic esters (lactones) is 4. The van der Waals surface area contributed by atoms with Crippen LogP contribution in [0.1, 0.15) is 278 Å². The number of hydrogen-bond donors (Lipinski definition) is 0. The molecule has 0 spiro atoms. The summed E-state index contributed by atoms with van der Waals surface area (Å²) in [5.74, 6) is -3.55. The minimum Gasteiger partial charge on any atom is -0.462 e. The van der Waals surface area contributed by atoms with Crippen LogP contribution in [0.5, 0.6) is 0 Å². The highest BCUT2D eigenvalue weighted by molar-refractivity contribution is 5.97. The van der Waals surface area contributed by atoms with Gasteiger partial charge >= 0.3 is 41.8 Å². The Bertz CT molecular complexity index is 1670. The van der Waals surface area contributed by atoms with Gasteiger partial charge in [0.1, 0.15) is 13.2 Å². The highest BCUT2D eigenvalue weighted by Gasteiger charge is 2.52. The Morgan fingerprint density at radius 3 is 1.36 bits per heavy atom. The van der Waals surface area contributed by atoms with Gasteiger partial charge in [-0.25, -0.2) is 0 Å². The summed E-state index contributed by atoms with van der Waals surface area (Å²) in [4.78, 5) is 87.9. The number of allylic oxidation sites excluding steroid dienone is 4. The monoisotopic (exact) mass is 1050 g/mol. The molecule has 0 radical (unpaired) electrons. The van der Waals surface area contributed by atoms with Crippen molar-refractivity contribution in [2.45, 2.75) is 284 Å². The topological polar surface area (TPSA) is 166 Å². The lowest BCUT2D eigenvalue weighted by molar-refractivity contribution is -0.167. The predicted octanol–water partition coefficient (Wildman–Crippen LogP) is 15.6. The van der Waals surface area contributed by atoms with Crippen molar-refractivity contribution in [2.24, 2.45) is 35.5 Å². The van der Waals surface area contributed by atoms with E-state index in [1.807, 2.05) is 0 Å². The van der Waals surface area contributed by atoms with Gasteiger partial charge in [-0.05, 0) is 69.1 Å². The number of hydrogen-bond acceptors (Lipinski definition) is 12. The number of fused-ring (bicyclic) bond motifs is 1. The van der Waals surface area contributed by atoms with Crippen molar-refractivity contribution >= 4 is 41.8 Å². The molecule has 0 amide bonds. The normalized spacial score (nSPS) is 20.1. The van der Waals surface area contributed by atoms with Gasteiger partial charge in [0.05, 0.1) is 24.2 Å². The second-order valence-corrected chi connectivity index (χ2v) is 22.3. The van der Waals surface area contributed by atoms with E-state index in [4.69, 9.17) is 23.7 Å². The summed E-state index contributed by atoms with van der Waals surface area (Å²) in [5.41, 5.74) is 0. The average Bonchev–Trinajstić information content (AvgIpc) is 3.90. The summed E-state index contributed by atoms with van der Waals surface area (Å²) >= 11 is 0. The lowest BCUT2D eigenvalue weighted by atomic mass is 9.69. The molecule has 0 aromatic heterocycles. The first-order valence-electron chi connectivity index (χ1n) is 30.9. The Kier molecular flexibility index (Phi) is 36.8. The van der Waals surface area contributed by atoms with E-state index in [0.717, 1.165) is 135 Å². The Labute approximate surface area is 454 Å². The molecule has 2 aliphatic heterocycles. The number of unbranched alkanes of at least 4 members (excludes halogenated alkanes) is 28. The van der Waals surface area contributed by atoms with Crippen LogP contribution in [0.25, 0.3) is 0 Å². The van der Waals surface area contributed by atoms with Crippen LogP contribution in [-0.2, 0) is 57.2 Å². The Morgan fingerprint density at radius 1 is 0.493 bits per heavy atom. The molecular weight excluding hydrogens is 949 g/mol. The summed E-state index contributed by atoms with van der Waals surface area (Å²) in [5, 5.41) is 0. The van der Waals surface area contributed by atoms with E-state index in [9.17, 15) is 33.6 Å². The zero-order valence-electron chi connectivity index (χ0n) is 47.4. The van der Waals surface area contributed by atoms with Crippen LogP contribution in [0.15, 0.2) is 24.3 Å². The van der Waals surface area contributed by atoms with Crippen molar-refractivity contribution in [3.05, 3.63) is 24.3 Å². The average molecular weight is 1050 g/mol. The molecule has 7 unspecified atom stereocenters. The van der Waals surface area contributed by atoms with Crippen LogP contribution in [0, 0.1) is 35.5 Å². The first-order valence-corrected chi connectivity index (χ1v) is 30.9. The molecule has 0 N–H and O–H groups in total. The Morgan fingerprint density at radius 2 is 0.893 bits per heavy atom. The Hall–Kier alpha value is -3.83. The number of rotatable bonds is 48. The van der Waals surface area contributed by atoms with Gasteiger partial charge in [0.2, 0.25) is 0 Å². The first-order chi connectivity index (χ1) is 36.6. The van der Waals surface area contributed by atoms with Crippen molar-refractivity contribution < 1.29 is 57.2 Å². The molecule has 3 rings (SSSR count). The van der Waals surface area contributed by atoms with Crippen molar-refractivity contribution in [3.8, 4) is 0 Å². The summed E-state index contributed by atoms with van der Waals surface area (Å²) in [6, 6.07) is 0. The highest BCUT2D eigenvalue weighted by Crippen LogP contribution is 2.44. The summed E-state index contributed by atoms with van der Waals surface area (Å²) in [6.07, 6.45) is 47.0. The maximum Gasteiger partial charge on any atom is 0.318 e. The van der Waals surface area contributed by atoms with Gasteiger partial charge in [-0.1, -0.05) is 225 Å². The van der Waals surface area contributed by atoms with Crippen LogP contribution in [0.2, 0.25) is 0 Å². The second-order valence-electron chi connectivity index (χ2n) is 22.3. The van der Waals surface area contributed by atoms with Crippen LogP contribution in [0.3, 0.4) is 0 Å². The van der Waals surface area contributed by atoms with E-state index in [1.54, 1.807) is 0 Å². The van der Waals surface area contributed by atoms with Gasteiger partial charge in [-0.3, -0.25) is 33.6 Å². The molecule has 12 nitrogen and oxygen atoms in total. The van der Waals surface area contributed by atoms with Crippen LogP contribution in [-0.4, -0.2) is 61.1 Å². The van der Waals surface area contributed by atoms with Gasteiger partial charge in [0.25, 0.3) is 0 Å². The second kappa shape index (κ2) is 42.2. The molecule has 2 heterocycles. The molecule has 0 aromatic rings. The van der Waals surface area contributed by atoms with E-state index in [0.29, 0.717) is 12.8 Å². The van der Waals surface area contributed by atoms with Crippen molar-refractivity contribution in [2.75, 3.05) is 13.2 Å². The van der Waals surface area contributed by atoms with Crippen molar-refractivity contribution in [1.82, 2.24) is 0 Å². The highest BCUT2D eigenvalue weighted by atomic mass is 16.6. The molecule has 3 aliphatic rings. The van der Waals surface area contributed by atoms with Crippen LogP contribution >= 0.6 is 0 Å². The molecule has 0 saturated carbocycles. The van der Waals surface area contributed by atoms with Crippen molar-refractivity contribution in [3.63, 3.8) is 0 Å². The lowest BCUT2D eigenvalue weighted by Crippen LogP contribution is -2.33. The standard InChI is InChI=1S/C63H104O12/c1-4-7-10-12-13-14-15-16-17-18-21-30-37-44-57(66)73-53(48-71-55(64)42-35-28-22-19-20-26-33-39-50(38-32-25-11-8-5-2)54-47-58(67)74-61(54)68)49-72-56(65)43-36-29-24-23-27-34-41-52-46-45-51(40-31-9-6-3)59-60(52)63(70)75-62(59)69/h33,39,45-46,50-54,59-60H,4-32,34-38,40-44,47-49H2,1-3H3/b39-33+. The fraction of sp³-hybridized carbons (Fsp3) is 0.825. The quantitative estimate of drug-likeness (QED) is 0.0186. The smallest absolute Gasteiger partial charge is 0.318 e. The molecule has 1 aliphatic carbocycles. The minimum atomic E-state index is -0.869. The van der Waals surface area contributed by atoms with Gasteiger partial charge in [0, 0.05) is 19.3 Å². The third-order valence-electron chi connectivity index (χ3n) is 15.8. The molecular formula is C63H104O12. The van der Waals surface area contributed by atoms with E-state index < -0.39 is 12.1 Å². The summed E-state index contributed by atoms with van der Waals surface area (Å²) in [6.45, 7) is 6.27. The Balaban J connectivity index is 1.33. The molecule has 2 saturated heterocycles. The number of esters is 7. The zero-order valence-corrected chi connectivity index (χ0v) is 47.4. The third-order valence-corrected chi connectivity index (χ3v) is 15.8. The third kappa shape index (κ3) is 29.5. The minimum absolute atomic E-state index is 0.0285. The van der Waals surface area contributed by atoms with E-state index in [-0.39, 0.29) is 110 Å². The fourth-order valence-corrected chi connectivity index (χ4v) is 11.2. The molecule has 0 bridgehead atoms. The molecule has 0 aromatic carbocycles. The first kappa shape index (κ1) is 65.5. The van der Waals surface area contributed by atoms with Gasteiger partial charge in [-0.2, -0.15) is 0 Å². The zero-order chi connectivity index (χ0) is 54.1. The SMILES string of the molecule is CCCCCCCCCCCCCCCC(=O)OC(COC(=O)CCCCCCC/C=C/C(CCCCCCC)C1CC(=O)OC1=O)COC(=O)CCCCCCCCC1C=CC(CCCCC)C2C(=O)OC(=O)C12. The van der Waals surface area contributed by atoms with Crippen molar-refractivity contribution in [1.29, 1.82) is 0 Å². The van der Waals surface area contributed by atoms with Crippen LogP contribution < -0.4 is 0 Å². The van der Waals surface area contributed by atoms with Gasteiger partial charge in [0.15, 0.2) is 6.10 Å². The number of carbonyl (C=O) groups excluding carboxylic acids is 7. The van der Waals surface area contributed by atoms with Crippen LogP contribution in [0.4, 0.5) is 0 Å². The number of carbonyl (C=O) groups is 7. The lowest BCUT2D eigenvalue weighted by Gasteiger charge is -2.31. The molecule has 12 heteroatoms. The van der Waals surface area contributed by atoms with E-state index in [2.05, 4.69) is 45.1 Å². The number of ether oxygens (including phenoxy) is 5. The van der Waals surface area contributed by atoms with Gasteiger partial charge in [-0.15, -0.1) is 0 Å². The summed E-state index contributed by atoms with van der Waals surface area (Å²) < 4.78 is 26.9. The molecule has 7 atom stereocenters.